The second kappa shape index (κ2) is 5.27. The molecule has 0 bridgehead atoms. The molecule has 14 heavy (non-hydrogen) atoms. The number of furan rings is 1. The minimum atomic E-state index is -0.235. The van der Waals surface area contributed by atoms with E-state index in [4.69, 9.17) is 27.6 Å². The standard InChI is InChI=1S/C9H11Cl2NO2/c1-6(2-4-10)12-9(13)7-3-5-14-8(7)11/h3,5-6H,2,4H2,1H3,(H,12,13). The molecule has 1 N–H and O–H groups in total. The maximum Gasteiger partial charge on any atom is 0.256 e. The van der Waals surface area contributed by atoms with Crippen LogP contribution in [0, 0.1) is 0 Å². The summed E-state index contributed by atoms with van der Waals surface area (Å²) in [6.07, 6.45) is 2.10. The summed E-state index contributed by atoms with van der Waals surface area (Å²) in [6, 6.07) is 1.57. The Kier molecular flexibility index (Phi) is 4.29. The van der Waals surface area contributed by atoms with Gasteiger partial charge in [0.25, 0.3) is 5.91 Å². The third-order valence-corrected chi connectivity index (χ3v) is 2.29. The highest BCUT2D eigenvalue weighted by Crippen LogP contribution is 2.16. The van der Waals surface area contributed by atoms with Gasteiger partial charge in [-0.15, -0.1) is 11.6 Å². The Morgan fingerprint density at radius 3 is 2.93 bits per heavy atom. The molecule has 0 radical (unpaired) electrons. The van der Waals surface area contributed by atoms with E-state index in [2.05, 4.69) is 5.32 Å². The maximum absolute atomic E-state index is 11.5. The largest absolute Gasteiger partial charge is 0.452 e. The van der Waals surface area contributed by atoms with E-state index in [9.17, 15) is 4.79 Å². The van der Waals surface area contributed by atoms with Crippen molar-refractivity contribution in [2.45, 2.75) is 19.4 Å². The average molecular weight is 236 g/mol. The van der Waals surface area contributed by atoms with Crippen molar-refractivity contribution in [1.29, 1.82) is 0 Å². The van der Waals surface area contributed by atoms with Crippen LogP contribution < -0.4 is 5.32 Å². The molecule has 5 heteroatoms. The summed E-state index contributed by atoms with van der Waals surface area (Å²) in [5.41, 5.74) is 0.355. The van der Waals surface area contributed by atoms with Crippen molar-refractivity contribution < 1.29 is 9.21 Å². The Morgan fingerprint density at radius 2 is 2.43 bits per heavy atom. The molecule has 1 aromatic heterocycles. The molecule has 78 valence electrons. The quantitative estimate of drug-likeness (QED) is 0.816. The second-order valence-corrected chi connectivity index (χ2v) is 3.68. The Balaban J connectivity index is 2.55. The van der Waals surface area contributed by atoms with E-state index in [0.29, 0.717) is 11.4 Å². The molecule has 0 fully saturated rings. The van der Waals surface area contributed by atoms with Crippen LogP contribution in [0.2, 0.25) is 5.22 Å². The zero-order chi connectivity index (χ0) is 10.6. The van der Waals surface area contributed by atoms with Gasteiger partial charge in [0, 0.05) is 11.9 Å². The predicted molar refractivity (Wildman–Crippen MR) is 56.0 cm³/mol. The van der Waals surface area contributed by atoms with E-state index in [1.807, 2.05) is 6.92 Å². The first-order valence-electron chi connectivity index (χ1n) is 4.25. The number of alkyl halides is 1. The molecule has 1 rings (SSSR count). The van der Waals surface area contributed by atoms with Crippen molar-refractivity contribution in [3.63, 3.8) is 0 Å². The summed E-state index contributed by atoms with van der Waals surface area (Å²) in [5.74, 6) is 0.280. The van der Waals surface area contributed by atoms with Crippen LogP contribution in [0.5, 0.6) is 0 Å². The Morgan fingerprint density at radius 1 is 1.71 bits per heavy atom. The molecule has 0 saturated carbocycles. The van der Waals surface area contributed by atoms with Gasteiger partial charge in [0.15, 0.2) is 0 Å². The topological polar surface area (TPSA) is 42.2 Å². The van der Waals surface area contributed by atoms with Gasteiger partial charge in [0.1, 0.15) is 0 Å². The molecule has 1 atom stereocenters. The van der Waals surface area contributed by atoms with Gasteiger partial charge in [0.05, 0.1) is 11.8 Å². The molecule has 3 nitrogen and oxygen atoms in total. The molecular formula is C9H11Cl2NO2. The molecule has 0 aliphatic rings. The van der Waals surface area contributed by atoms with Gasteiger partial charge in [0.2, 0.25) is 5.22 Å². The van der Waals surface area contributed by atoms with Gasteiger partial charge in [-0.05, 0) is 31.0 Å². The predicted octanol–water partition coefficient (Wildman–Crippen LogP) is 2.68. The zero-order valence-corrected chi connectivity index (χ0v) is 9.23. The second-order valence-electron chi connectivity index (χ2n) is 2.96. The van der Waals surface area contributed by atoms with Crippen molar-refractivity contribution in [3.05, 3.63) is 23.1 Å². The first-order valence-corrected chi connectivity index (χ1v) is 5.16. The van der Waals surface area contributed by atoms with Gasteiger partial charge in [-0.25, -0.2) is 0 Å². The highest BCUT2D eigenvalue weighted by atomic mass is 35.5. The van der Waals surface area contributed by atoms with Crippen LogP contribution >= 0.6 is 23.2 Å². The fourth-order valence-electron chi connectivity index (χ4n) is 0.993. The van der Waals surface area contributed by atoms with Crippen molar-refractivity contribution in [3.8, 4) is 0 Å². The van der Waals surface area contributed by atoms with Crippen LogP contribution in [0.4, 0.5) is 0 Å². The summed E-state index contributed by atoms with van der Waals surface area (Å²) in [4.78, 5) is 11.5. The van der Waals surface area contributed by atoms with E-state index < -0.39 is 0 Å². The highest BCUT2D eigenvalue weighted by Gasteiger charge is 2.14. The van der Waals surface area contributed by atoms with Crippen LogP contribution in [0.1, 0.15) is 23.7 Å². The van der Waals surface area contributed by atoms with Crippen molar-refractivity contribution in [1.82, 2.24) is 5.32 Å². The molecule has 1 heterocycles. The van der Waals surface area contributed by atoms with Crippen LogP contribution in [0.3, 0.4) is 0 Å². The molecule has 0 aliphatic carbocycles. The van der Waals surface area contributed by atoms with Crippen molar-refractivity contribution >= 4 is 29.1 Å². The number of carbonyl (C=O) groups excluding carboxylic acids is 1. The average Bonchev–Trinajstić information content (AvgIpc) is 2.51. The fourth-order valence-corrected chi connectivity index (χ4v) is 1.52. The van der Waals surface area contributed by atoms with E-state index in [1.54, 1.807) is 0 Å². The van der Waals surface area contributed by atoms with E-state index in [-0.39, 0.29) is 17.2 Å². The summed E-state index contributed by atoms with van der Waals surface area (Å²) in [5, 5.41) is 2.87. The number of hydrogen-bond donors (Lipinski definition) is 1. The molecule has 1 unspecified atom stereocenters. The van der Waals surface area contributed by atoms with Gasteiger partial charge >= 0.3 is 0 Å². The number of nitrogens with one attached hydrogen (secondary N) is 1. The number of carbonyl (C=O) groups is 1. The van der Waals surface area contributed by atoms with Crippen molar-refractivity contribution in [2.75, 3.05) is 5.88 Å². The Labute approximate surface area is 92.4 Å². The summed E-state index contributed by atoms with van der Waals surface area (Å²) >= 11 is 11.2. The lowest BCUT2D eigenvalue weighted by atomic mass is 10.2. The molecule has 0 aromatic carbocycles. The van der Waals surface area contributed by atoms with Crippen LogP contribution in [-0.4, -0.2) is 17.8 Å². The molecule has 1 amide bonds. The number of rotatable bonds is 4. The van der Waals surface area contributed by atoms with Crippen LogP contribution in [-0.2, 0) is 0 Å². The van der Waals surface area contributed by atoms with E-state index >= 15 is 0 Å². The summed E-state index contributed by atoms with van der Waals surface area (Å²) < 4.78 is 4.81. The lowest BCUT2D eigenvalue weighted by molar-refractivity contribution is 0.0939. The lowest BCUT2D eigenvalue weighted by Crippen LogP contribution is -2.32. The third kappa shape index (κ3) is 2.93. The number of halogens is 2. The summed E-state index contributed by atoms with van der Waals surface area (Å²) in [6.45, 7) is 1.88. The monoisotopic (exact) mass is 235 g/mol. The van der Waals surface area contributed by atoms with Gasteiger partial charge in [-0.2, -0.15) is 0 Å². The van der Waals surface area contributed by atoms with Crippen molar-refractivity contribution in [2.24, 2.45) is 0 Å². The highest BCUT2D eigenvalue weighted by molar-refractivity contribution is 6.32. The normalized spacial score (nSPS) is 12.5. The first-order chi connectivity index (χ1) is 6.65. The smallest absolute Gasteiger partial charge is 0.256 e. The van der Waals surface area contributed by atoms with E-state index in [0.717, 1.165) is 6.42 Å². The van der Waals surface area contributed by atoms with Gasteiger partial charge in [-0.3, -0.25) is 4.79 Å². The zero-order valence-electron chi connectivity index (χ0n) is 7.72. The van der Waals surface area contributed by atoms with Crippen LogP contribution in [0.25, 0.3) is 0 Å². The molecule has 0 aliphatic heterocycles. The fraction of sp³-hybridized carbons (Fsp3) is 0.444. The molecular weight excluding hydrogens is 225 g/mol. The molecule has 0 spiro atoms. The minimum Gasteiger partial charge on any atom is -0.452 e. The first kappa shape index (κ1) is 11.4. The lowest BCUT2D eigenvalue weighted by Gasteiger charge is -2.10. The number of amides is 1. The summed E-state index contributed by atoms with van der Waals surface area (Å²) in [7, 11) is 0. The SMILES string of the molecule is CC(CCCl)NC(=O)c1ccoc1Cl. The maximum atomic E-state index is 11.5. The molecule has 1 aromatic rings. The van der Waals surface area contributed by atoms with Gasteiger partial charge < -0.3 is 9.73 Å². The number of hydrogen-bond acceptors (Lipinski definition) is 2. The van der Waals surface area contributed by atoms with Gasteiger partial charge in [-0.1, -0.05) is 0 Å². The minimum absolute atomic E-state index is 0.0333. The van der Waals surface area contributed by atoms with E-state index in [1.165, 1.54) is 12.3 Å². The third-order valence-electron chi connectivity index (χ3n) is 1.78. The molecule has 0 saturated heterocycles. The van der Waals surface area contributed by atoms with Crippen LogP contribution in [0.15, 0.2) is 16.7 Å². The Bertz CT molecular complexity index is 312. The Hall–Kier alpha value is -0.670.